The molecule has 0 bridgehead atoms. The summed E-state index contributed by atoms with van der Waals surface area (Å²) in [6.07, 6.45) is 0. The second-order valence-corrected chi connectivity index (χ2v) is 2.23. The van der Waals surface area contributed by atoms with Gasteiger partial charge in [-0.3, -0.25) is 4.79 Å². The Balaban J connectivity index is 2.91. The highest BCUT2D eigenvalue weighted by Gasteiger charge is 1.97. The first-order valence-corrected chi connectivity index (χ1v) is 3.21. The lowest BCUT2D eigenvalue weighted by Crippen LogP contribution is -1.91. The molecular formula is C8H8FNO. The van der Waals surface area contributed by atoms with E-state index in [0.717, 1.165) is 0 Å². The van der Waals surface area contributed by atoms with Gasteiger partial charge in [0.25, 0.3) is 0 Å². The van der Waals surface area contributed by atoms with Crippen molar-refractivity contribution < 1.29 is 9.28 Å². The van der Waals surface area contributed by atoms with Gasteiger partial charge in [0.05, 0.1) is 5.69 Å². The number of hydrogen-bond acceptors (Lipinski definition) is 2. The Morgan fingerprint density at radius 1 is 1.36 bits per heavy atom. The quantitative estimate of drug-likeness (QED) is 0.521. The van der Waals surface area contributed by atoms with Gasteiger partial charge in [-0.2, -0.15) is 0 Å². The lowest BCUT2D eigenvalue weighted by atomic mass is 10.1. The van der Waals surface area contributed by atoms with E-state index in [4.69, 9.17) is 0 Å². The van der Waals surface area contributed by atoms with Gasteiger partial charge in [0.1, 0.15) is 0 Å². The second kappa shape index (κ2) is 3.14. The average molecular weight is 153 g/mol. The van der Waals surface area contributed by atoms with E-state index in [-0.39, 0.29) is 5.78 Å². The molecule has 0 saturated carbocycles. The molecule has 1 aromatic rings. The van der Waals surface area contributed by atoms with Crippen molar-refractivity contribution in [3.63, 3.8) is 0 Å². The molecule has 0 aliphatic rings. The molecule has 0 atom stereocenters. The second-order valence-electron chi connectivity index (χ2n) is 2.23. The van der Waals surface area contributed by atoms with Crippen molar-refractivity contribution >= 4 is 11.5 Å². The predicted octanol–water partition coefficient (Wildman–Crippen LogP) is 2.19. The summed E-state index contributed by atoms with van der Waals surface area (Å²) in [7, 11) is 0. The number of hydrogen-bond donors (Lipinski definition) is 1. The van der Waals surface area contributed by atoms with Gasteiger partial charge in [-0.05, 0) is 31.2 Å². The van der Waals surface area contributed by atoms with Gasteiger partial charge in [0, 0.05) is 5.56 Å². The van der Waals surface area contributed by atoms with E-state index in [1.54, 1.807) is 12.1 Å². The normalized spacial score (nSPS) is 9.27. The maximum absolute atomic E-state index is 11.7. The molecule has 11 heavy (non-hydrogen) atoms. The van der Waals surface area contributed by atoms with E-state index >= 15 is 0 Å². The molecule has 2 nitrogen and oxygen atoms in total. The molecule has 3 heteroatoms. The third-order valence-corrected chi connectivity index (χ3v) is 1.40. The fraction of sp³-hybridized carbons (Fsp3) is 0.125. The molecule has 58 valence electrons. The first kappa shape index (κ1) is 7.72. The van der Waals surface area contributed by atoms with Gasteiger partial charge in [-0.25, -0.2) is 5.54 Å². The molecule has 1 rings (SSSR count). The Morgan fingerprint density at radius 3 is 2.27 bits per heavy atom. The largest absolute Gasteiger partial charge is 0.295 e. The highest BCUT2D eigenvalue weighted by molar-refractivity contribution is 5.94. The van der Waals surface area contributed by atoms with Crippen LogP contribution in [0.2, 0.25) is 0 Å². The first-order valence-electron chi connectivity index (χ1n) is 3.21. The third-order valence-electron chi connectivity index (χ3n) is 1.40. The van der Waals surface area contributed by atoms with E-state index < -0.39 is 0 Å². The fourth-order valence-corrected chi connectivity index (χ4v) is 0.768. The number of carbonyl (C=O) groups is 1. The van der Waals surface area contributed by atoms with Crippen molar-refractivity contribution in [3.05, 3.63) is 29.8 Å². The molecule has 0 heterocycles. The number of Topliss-reactive ketones (excluding diaryl/α,β-unsaturated/α-hetero) is 1. The number of anilines is 1. The van der Waals surface area contributed by atoms with Crippen LogP contribution in [0.15, 0.2) is 24.3 Å². The smallest absolute Gasteiger partial charge is 0.159 e. The van der Waals surface area contributed by atoms with Gasteiger partial charge >= 0.3 is 0 Å². The Labute approximate surface area is 64.0 Å². The Morgan fingerprint density at radius 2 is 1.91 bits per heavy atom. The molecule has 0 amide bonds. The highest BCUT2D eigenvalue weighted by atomic mass is 19.2. The summed E-state index contributed by atoms with van der Waals surface area (Å²) in [6, 6.07) is 6.17. The number of ketones is 1. The van der Waals surface area contributed by atoms with Crippen molar-refractivity contribution in [1.29, 1.82) is 0 Å². The first-order chi connectivity index (χ1) is 5.24. The lowest BCUT2D eigenvalue weighted by Gasteiger charge is -1.96. The van der Waals surface area contributed by atoms with Crippen LogP contribution in [0.4, 0.5) is 10.2 Å². The molecule has 0 saturated heterocycles. The fourth-order valence-electron chi connectivity index (χ4n) is 0.768. The molecular weight excluding hydrogens is 145 g/mol. The minimum absolute atomic E-state index is 0.0181. The van der Waals surface area contributed by atoms with Crippen molar-refractivity contribution in [2.45, 2.75) is 6.92 Å². The predicted molar refractivity (Wildman–Crippen MR) is 41.2 cm³/mol. The summed E-state index contributed by atoms with van der Waals surface area (Å²) >= 11 is 0. The Kier molecular flexibility index (Phi) is 2.21. The lowest BCUT2D eigenvalue weighted by molar-refractivity contribution is 0.101. The Hall–Kier alpha value is -1.38. The number of nitrogens with one attached hydrogen (secondary N) is 1. The molecule has 0 aliphatic heterocycles. The summed E-state index contributed by atoms with van der Waals surface area (Å²) in [5.74, 6) is -0.0181. The van der Waals surface area contributed by atoms with Gasteiger partial charge in [0.2, 0.25) is 0 Å². The van der Waals surface area contributed by atoms with Crippen LogP contribution in [0.1, 0.15) is 17.3 Å². The summed E-state index contributed by atoms with van der Waals surface area (Å²) in [4.78, 5) is 10.7. The van der Waals surface area contributed by atoms with Crippen LogP contribution >= 0.6 is 0 Å². The molecule has 0 aliphatic carbocycles. The zero-order chi connectivity index (χ0) is 8.27. The maximum Gasteiger partial charge on any atom is 0.159 e. The number of rotatable bonds is 2. The van der Waals surface area contributed by atoms with Gasteiger partial charge in [-0.15, -0.1) is 4.48 Å². The van der Waals surface area contributed by atoms with Crippen molar-refractivity contribution in [1.82, 2.24) is 0 Å². The van der Waals surface area contributed by atoms with Crippen LogP contribution in [0.3, 0.4) is 0 Å². The van der Waals surface area contributed by atoms with Crippen LogP contribution in [0, 0.1) is 0 Å². The monoisotopic (exact) mass is 153 g/mol. The zero-order valence-corrected chi connectivity index (χ0v) is 6.10. The van der Waals surface area contributed by atoms with E-state index in [1.165, 1.54) is 24.6 Å². The molecule has 0 radical (unpaired) electrons. The maximum atomic E-state index is 11.7. The van der Waals surface area contributed by atoms with Crippen LogP contribution in [-0.2, 0) is 0 Å². The minimum atomic E-state index is -0.0181. The van der Waals surface area contributed by atoms with E-state index in [2.05, 4.69) is 0 Å². The van der Waals surface area contributed by atoms with Crippen LogP contribution in [-0.4, -0.2) is 5.78 Å². The molecule has 1 aromatic carbocycles. The topological polar surface area (TPSA) is 29.1 Å². The van der Waals surface area contributed by atoms with Crippen molar-refractivity contribution in [3.8, 4) is 0 Å². The number of benzene rings is 1. The molecule has 0 fully saturated rings. The average Bonchev–Trinajstić information content (AvgIpc) is 2.05. The summed E-state index contributed by atoms with van der Waals surface area (Å²) < 4.78 is 11.7. The third kappa shape index (κ3) is 1.77. The SMILES string of the molecule is CC(=O)c1ccc(NF)cc1. The van der Waals surface area contributed by atoms with Gasteiger partial charge in [-0.1, -0.05) is 0 Å². The van der Waals surface area contributed by atoms with Crippen LogP contribution in [0.5, 0.6) is 0 Å². The summed E-state index contributed by atoms with van der Waals surface area (Å²) in [5, 5.41) is 0. The summed E-state index contributed by atoms with van der Waals surface area (Å²) in [6.45, 7) is 1.47. The number of carbonyl (C=O) groups excluding carboxylic acids is 1. The highest BCUT2D eigenvalue weighted by Crippen LogP contribution is 2.09. The van der Waals surface area contributed by atoms with Crippen molar-refractivity contribution in [2.24, 2.45) is 0 Å². The Bertz CT molecular complexity index is 255. The number of halogens is 1. The molecule has 0 aromatic heterocycles. The minimum Gasteiger partial charge on any atom is -0.295 e. The van der Waals surface area contributed by atoms with Crippen molar-refractivity contribution in [2.75, 3.05) is 5.54 Å². The van der Waals surface area contributed by atoms with Crippen LogP contribution in [0.25, 0.3) is 0 Å². The molecule has 0 unspecified atom stereocenters. The van der Waals surface area contributed by atoms with Gasteiger partial charge < -0.3 is 0 Å². The van der Waals surface area contributed by atoms with E-state index in [0.29, 0.717) is 11.3 Å². The van der Waals surface area contributed by atoms with Gasteiger partial charge in [0.15, 0.2) is 5.78 Å². The van der Waals surface area contributed by atoms with Crippen LogP contribution < -0.4 is 5.54 Å². The van der Waals surface area contributed by atoms with E-state index in [1.807, 2.05) is 0 Å². The standard InChI is InChI=1S/C8H8FNO/c1-6(11)7-2-4-8(10-9)5-3-7/h2-5,10H,1H3. The zero-order valence-electron chi connectivity index (χ0n) is 6.10. The van der Waals surface area contributed by atoms with E-state index in [9.17, 15) is 9.28 Å². The molecule has 0 spiro atoms. The molecule has 1 N–H and O–H groups in total. The summed E-state index contributed by atoms with van der Waals surface area (Å²) in [5.41, 5.74) is 2.43.